The number of para-hydroxylation sites is 1. The molecular formula is C18H16FN3O. The van der Waals surface area contributed by atoms with Crippen LogP contribution in [0.25, 0.3) is 11.3 Å². The third-order valence-corrected chi connectivity index (χ3v) is 3.49. The molecule has 0 saturated heterocycles. The van der Waals surface area contributed by atoms with E-state index >= 15 is 0 Å². The van der Waals surface area contributed by atoms with E-state index in [4.69, 9.17) is 4.74 Å². The maximum absolute atomic E-state index is 13.6. The summed E-state index contributed by atoms with van der Waals surface area (Å²) in [5.74, 6) is 1.07. The Bertz CT molecular complexity index is 836. The summed E-state index contributed by atoms with van der Waals surface area (Å²) in [5.41, 5.74) is 2.84. The molecule has 5 heteroatoms. The Morgan fingerprint density at radius 3 is 2.65 bits per heavy atom. The van der Waals surface area contributed by atoms with Crippen molar-refractivity contribution >= 4 is 11.5 Å². The number of rotatable bonds is 4. The molecule has 0 aliphatic heterocycles. The predicted octanol–water partition coefficient (Wildman–Crippen LogP) is 4.34. The van der Waals surface area contributed by atoms with Crippen LogP contribution in [0.1, 0.15) is 5.56 Å². The van der Waals surface area contributed by atoms with Gasteiger partial charge >= 0.3 is 0 Å². The molecule has 0 aliphatic carbocycles. The topological polar surface area (TPSA) is 47.0 Å². The van der Waals surface area contributed by atoms with E-state index in [1.807, 2.05) is 30.3 Å². The van der Waals surface area contributed by atoms with Crippen LogP contribution in [0.5, 0.6) is 5.75 Å². The van der Waals surface area contributed by atoms with E-state index in [1.54, 1.807) is 26.2 Å². The average Bonchev–Trinajstić information content (AvgIpc) is 2.58. The first-order chi connectivity index (χ1) is 11.2. The number of nitrogens with one attached hydrogen (secondary N) is 1. The lowest BCUT2D eigenvalue weighted by molar-refractivity contribution is 0.416. The van der Waals surface area contributed by atoms with Crippen molar-refractivity contribution < 1.29 is 9.13 Å². The Morgan fingerprint density at radius 2 is 1.87 bits per heavy atom. The Kier molecular flexibility index (Phi) is 4.19. The molecule has 0 fully saturated rings. The van der Waals surface area contributed by atoms with Gasteiger partial charge in [-0.1, -0.05) is 18.2 Å². The second-order valence-corrected chi connectivity index (χ2v) is 5.08. The van der Waals surface area contributed by atoms with Gasteiger partial charge in [-0.15, -0.1) is 0 Å². The highest BCUT2D eigenvalue weighted by Gasteiger charge is 2.08. The van der Waals surface area contributed by atoms with Crippen molar-refractivity contribution in [2.75, 3.05) is 12.4 Å². The summed E-state index contributed by atoms with van der Waals surface area (Å²) < 4.78 is 19.0. The fraction of sp³-hybridized carbons (Fsp3) is 0.111. The van der Waals surface area contributed by atoms with Gasteiger partial charge in [-0.2, -0.15) is 0 Å². The molecule has 3 aromatic rings. The second kappa shape index (κ2) is 6.44. The molecule has 3 rings (SSSR count). The van der Waals surface area contributed by atoms with Crippen molar-refractivity contribution in [3.63, 3.8) is 0 Å². The van der Waals surface area contributed by atoms with Gasteiger partial charge in [-0.25, -0.2) is 14.4 Å². The van der Waals surface area contributed by atoms with Crippen molar-refractivity contribution in [2.45, 2.75) is 6.92 Å². The van der Waals surface area contributed by atoms with Gasteiger partial charge in [-0.05, 0) is 36.8 Å². The van der Waals surface area contributed by atoms with E-state index in [-0.39, 0.29) is 5.82 Å². The van der Waals surface area contributed by atoms with Gasteiger partial charge < -0.3 is 10.1 Å². The van der Waals surface area contributed by atoms with E-state index in [9.17, 15) is 4.39 Å². The molecule has 23 heavy (non-hydrogen) atoms. The number of hydrogen-bond donors (Lipinski definition) is 1. The number of hydrogen-bond acceptors (Lipinski definition) is 4. The van der Waals surface area contributed by atoms with Gasteiger partial charge in [0.15, 0.2) is 0 Å². The predicted molar refractivity (Wildman–Crippen MR) is 88.4 cm³/mol. The molecule has 0 saturated carbocycles. The fourth-order valence-corrected chi connectivity index (χ4v) is 2.25. The molecule has 0 spiro atoms. The molecule has 0 atom stereocenters. The SMILES string of the molecule is COc1ccccc1-c1cc(Nc2ccc(C)c(F)c2)ncn1. The smallest absolute Gasteiger partial charge is 0.134 e. The number of benzene rings is 2. The Hall–Kier alpha value is -2.95. The maximum atomic E-state index is 13.6. The Labute approximate surface area is 134 Å². The zero-order valence-corrected chi connectivity index (χ0v) is 12.9. The van der Waals surface area contributed by atoms with Crippen molar-refractivity contribution in [2.24, 2.45) is 0 Å². The summed E-state index contributed by atoms with van der Waals surface area (Å²) in [7, 11) is 1.62. The number of halogens is 1. The van der Waals surface area contributed by atoms with Crippen LogP contribution in [0.2, 0.25) is 0 Å². The summed E-state index contributed by atoms with van der Waals surface area (Å²) in [4.78, 5) is 8.47. The quantitative estimate of drug-likeness (QED) is 0.778. The molecule has 0 amide bonds. The monoisotopic (exact) mass is 309 g/mol. The minimum Gasteiger partial charge on any atom is -0.496 e. The van der Waals surface area contributed by atoms with Crippen LogP contribution in [-0.4, -0.2) is 17.1 Å². The molecule has 2 aromatic carbocycles. The molecule has 116 valence electrons. The van der Waals surface area contributed by atoms with E-state index in [0.29, 0.717) is 17.1 Å². The third-order valence-electron chi connectivity index (χ3n) is 3.49. The lowest BCUT2D eigenvalue weighted by Gasteiger charge is -2.10. The molecular weight excluding hydrogens is 293 g/mol. The number of methoxy groups -OCH3 is 1. The molecule has 0 aliphatic rings. The summed E-state index contributed by atoms with van der Waals surface area (Å²) >= 11 is 0. The standard InChI is InChI=1S/C18H16FN3O/c1-12-7-8-13(9-15(12)19)22-18-10-16(20-11-21-18)14-5-3-4-6-17(14)23-2/h3-11H,1-2H3,(H,20,21,22). The highest BCUT2D eigenvalue weighted by Crippen LogP contribution is 2.29. The largest absolute Gasteiger partial charge is 0.496 e. The Morgan fingerprint density at radius 1 is 1.04 bits per heavy atom. The third kappa shape index (κ3) is 3.29. The van der Waals surface area contributed by atoms with Gasteiger partial charge in [0.1, 0.15) is 23.7 Å². The summed E-state index contributed by atoms with van der Waals surface area (Å²) in [5, 5.41) is 3.09. The van der Waals surface area contributed by atoms with Gasteiger partial charge in [0.2, 0.25) is 0 Å². The van der Waals surface area contributed by atoms with Crippen molar-refractivity contribution in [3.05, 3.63) is 66.2 Å². The molecule has 1 heterocycles. The van der Waals surface area contributed by atoms with Gasteiger partial charge in [0, 0.05) is 17.3 Å². The molecule has 1 N–H and O–H groups in total. The fourth-order valence-electron chi connectivity index (χ4n) is 2.25. The zero-order chi connectivity index (χ0) is 16.2. The summed E-state index contributed by atoms with van der Waals surface area (Å²) in [6, 6.07) is 14.4. The van der Waals surface area contributed by atoms with Crippen LogP contribution in [0, 0.1) is 12.7 Å². The van der Waals surface area contributed by atoms with Crippen molar-refractivity contribution in [1.82, 2.24) is 9.97 Å². The van der Waals surface area contributed by atoms with E-state index in [2.05, 4.69) is 15.3 Å². The number of nitrogens with zero attached hydrogens (tertiary/aromatic N) is 2. The van der Waals surface area contributed by atoms with Gasteiger partial charge in [-0.3, -0.25) is 0 Å². The molecule has 1 aromatic heterocycles. The van der Waals surface area contributed by atoms with Crippen LogP contribution in [0.15, 0.2) is 54.9 Å². The first-order valence-electron chi connectivity index (χ1n) is 7.16. The lowest BCUT2D eigenvalue weighted by atomic mass is 10.1. The van der Waals surface area contributed by atoms with E-state index < -0.39 is 0 Å². The number of aryl methyl sites for hydroxylation is 1. The molecule has 0 bridgehead atoms. The van der Waals surface area contributed by atoms with Gasteiger partial charge in [0.05, 0.1) is 12.8 Å². The number of anilines is 2. The first kappa shape index (κ1) is 15.0. The minimum atomic E-state index is -0.256. The first-order valence-corrected chi connectivity index (χ1v) is 7.16. The summed E-state index contributed by atoms with van der Waals surface area (Å²) in [6.45, 7) is 1.73. The van der Waals surface area contributed by atoms with Crippen molar-refractivity contribution in [3.8, 4) is 17.0 Å². The summed E-state index contributed by atoms with van der Waals surface area (Å²) in [6.07, 6.45) is 1.47. The number of aromatic nitrogens is 2. The van der Waals surface area contributed by atoms with Crippen LogP contribution in [-0.2, 0) is 0 Å². The highest BCUT2D eigenvalue weighted by molar-refractivity contribution is 5.70. The van der Waals surface area contributed by atoms with Crippen LogP contribution >= 0.6 is 0 Å². The highest BCUT2D eigenvalue weighted by atomic mass is 19.1. The van der Waals surface area contributed by atoms with Crippen LogP contribution < -0.4 is 10.1 Å². The molecule has 4 nitrogen and oxygen atoms in total. The second-order valence-electron chi connectivity index (χ2n) is 5.08. The average molecular weight is 309 g/mol. The molecule has 0 unspecified atom stereocenters. The van der Waals surface area contributed by atoms with E-state index in [1.165, 1.54) is 12.4 Å². The maximum Gasteiger partial charge on any atom is 0.134 e. The van der Waals surface area contributed by atoms with Crippen LogP contribution in [0.3, 0.4) is 0 Å². The normalized spacial score (nSPS) is 10.4. The van der Waals surface area contributed by atoms with Crippen molar-refractivity contribution in [1.29, 1.82) is 0 Å². The zero-order valence-electron chi connectivity index (χ0n) is 12.9. The molecule has 0 radical (unpaired) electrons. The number of ether oxygens (including phenoxy) is 1. The van der Waals surface area contributed by atoms with E-state index in [0.717, 1.165) is 17.0 Å². The lowest BCUT2D eigenvalue weighted by Crippen LogP contribution is -1.97. The van der Waals surface area contributed by atoms with Gasteiger partial charge in [0.25, 0.3) is 0 Å². The van der Waals surface area contributed by atoms with Crippen LogP contribution in [0.4, 0.5) is 15.9 Å². The Balaban J connectivity index is 1.92. The minimum absolute atomic E-state index is 0.256.